The van der Waals surface area contributed by atoms with Gasteiger partial charge >= 0.3 is 0 Å². The molecule has 4 aliphatic heterocycles. The number of rotatable bonds is 1. The van der Waals surface area contributed by atoms with Crippen LogP contribution in [0.3, 0.4) is 0 Å². The highest BCUT2D eigenvalue weighted by Gasteiger charge is 2.59. The summed E-state index contributed by atoms with van der Waals surface area (Å²) in [6.45, 7) is 4.57. The number of hydrogen-bond donors (Lipinski definition) is 2. The van der Waals surface area contributed by atoms with Gasteiger partial charge in [-0.2, -0.15) is 0 Å². The summed E-state index contributed by atoms with van der Waals surface area (Å²) in [5.74, 6) is -1.51. The van der Waals surface area contributed by atoms with Crippen molar-refractivity contribution in [2.45, 2.75) is 81.6 Å². The van der Waals surface area contributed by atoms with Crippen LogP contribution in [0.25, 0.3) is 0 Å². The number of nitrogens with zero attached hydrogens (tertiary/aromatic N) is 1. The zero-order chi connectivity index (χ0) is 19.5. The minimum Gasteiger partial charge on any atom is -0.387 e. The fourth-order valence-electron chi connectivity index (χ4n) is 6.14. The molecule has 152 valence electrons. The minimum absolute atomic E-state index is 0.0475. The van der Waals surface area contributed by atoms with Gasteiger partial charge in [0.2, 0.25) is 0 Å². The van der Waals surface area contributed by atoms with Gasteiger partial charge in [-0.05, 0) is 38.5 Å². The van der Waals surface area contributed by atoms with Gasteiger partial charge in [0, 0.05) is 36.4 Å². The summed E-state index contributed by atoms with van der Waals surface area (Å²) in [5.41, 5.74) is 1.50. The van der Waals surface area contributed by atoms with E-state index in [2.05, 4.69) is 12.7 Å². The van der Waals surface area contributed by atoms with Gasteiger partial charge in [-0.1, -0.05) is 24.3 Å². The van der Waals surface area contributed by atoms with E-state index >= 15 is 0 Å². The van der Waals surface area contributed by atoms with Gasteiger partial charge in [0.15, 0.2) is 11.6 Å². The average molecular weight is 387 g/mol. The van der Waals surface area contributed by atoms with Crippen molar-refractivity contribution >= 4 is 11.5 Å². The third kappa shape index (κ3) is 2.69. The molecule has 0 radical (unpaired) electrons. The van der Waals surface area contributed by atoms with Gasteiger partial charge in [0.05, 0.1) is 12.2 Å². The topological polar surface area (TPSA) is 88.4 Å². The fraction of sp³-hybridized carbons (Fsp3) is 0.727. The third-order valence-corrected chi connectivity index (χ3v) is 7.59. The quantitative estimate of drug-likeness (QED) is 0.719. The number of ketones is 1. The van der Waals surface area contributed by atoms with Crippen LogP contribution in [0, 0.1) is 11.3 Å². The summed E-state index contributed by atoms with van der Waals surface area (Å²) in [5, 5.41) is 21.8. The first kappa shape index (κ1) is 18.7. The second-order valence-corrected chi connectivity index (χ2v) is 9.09. The number of Topliss-reactive ketones (excluding diaryl/α,β-unsaturated/α-hetero) is 1. The first-order valence-corrected chi connectivity index (χ1v) is 10.6. The van der Waals surface area contributed by atoms with E-state index < -0.39 is 24.1 Å². The van der Waals surface area contributed by atoms with Crippen LogP contribution in [-0.2, 0) is 14.3 Å². The van der Waals surface area contributed by atoms with Crippen LogP contribution >= 0.6 is 0 Å². The van der Waals surface area contributed by atoms with E-state index in [1.165, 1.54) is 0 Å². The van der Waals surface area contributed by atoms with Gasteiger partial charge in [-0.15, -0.1) is 0 Å². The molecule has 6 nitrogen and oxygen atoms in total. The SMILES string of the molecule is C=CC1=C[C@@H]2[C@@H]3O[C@]4(CC[C@@H](CC[C@@H](O)C3=O)O4)C[C@H](O)C3=NCC[C@@]32CC1. The first-order chi connectivity index (χ1) is 13.5. The molecule has 0 aromatic rings. The van der Waals surface area contributed by atoms with E-state index in [0.717, 1.165) is 37.0 Å². The normalized spacial score (nSPS) is 48.1. The number of aliphatic hydroxyl groups excluding tert-OH is 2. The van der Waals surface area contributed by atoms with Crippen LogP contribution in [0.4, 0.5) is 0 Å². The lowest BCUT2D eigenvalue weighted by molar-refractivity contribution is -0.266. The molecule has 3 bridgehead atoms. The van der Waals surface area contributed by atoms with Gasteiger partial charge in [-0.25, -0.2) is 0 Å². The summed E-state index contributed by atoms with van der Waals surface area (Å²) in [4.78, 5) is 18.0. The molecule has 28 heavy (non-hydrogen) atoms. The molecule has 2 spiro atoms. The Kier molecular flexibility index (Phi) is 4.40. The van der Waals surface area contributed by atoms with Crippen LogP contribution in [0.5, 0.6) is 0 Å². The van der Waals surface area contributed by atoms with Gasteiger partial charge < -0.3 is 19.7 Å². The molecular formula is C22H29NO5. The zero-order valence-corrected chi connectivity index (χ0v) is 16.2. The largest absolute Gasteiger partial charge is 0.387 e. The Morgan fingerprint density at radius 3 is 2.82 bits per heavy atom. The zero-order valence-electron chi connectivity index (χ0n) is 16.2. The van der Waals surface area contributed by atoms with Crippen LogP contribution in [0.2, 0.25) is 0 Å². The Hall–Kier alpha value is -1.34. The maximum Gasteiger partial charge on any atom is 0.190 e. The first-order valence-electron chi connectivity index (χ1n) is 10.6. The maximum atomic E-state index is 13.3. The molecule has 0 saturated carbocycles. The number of aliphatic imine (C=N–C) groups is 1. The van der Waals surface area contributed by atoms with E-state index in [1.807, 2.05) is 6.08 Å². The third-order valence-electron chi connectivity index (χ3n) is 7.59. The van der Waals surface area contributed by atoms with E-state index in [4.69, 9.17) is 14.5 Å². The van der Waals surface area contributed by atoms with Crippen molar-refractivity contribution in [3.8, 4) is 0 Å². The summed E-state index contributed by atoms with van der Waals surface area (Å²) < 4.78 is 12.8. The Morgan fingerprint density at radius 1 is 1.14 bits per heavy atom. The molecule has 0 aromatic heterocycles. The molecule has 3 saturated heterocycles. The highest BCUT2D eigenvalue weighted by atomic mass is 16.7. The molecule has 5 aliphatic rings. The number of allylic oxidation sites excluding steroid dienone is 2. The van der Waals surface area contributed by atoms with E-state index in [1.54, 1.807) is 0 Å². The van der Waals surface area contributed by atoms with Gasteiger partial charge in [0.25, 0.3) is 0 Å². The van der Waals surface area contributed by atoms with Crippen molar-refractivity contribution in [3.05, 3.63) is 24.3 Å². The highest BCUT2D eigenvalue weighted by molar-refractivity contribution is 5.98. The van der Waals surface area contributed by atoms with Gasteiger partial charge in [0.1, 0.15) is 12.2 Å². The molecule has 0 unspecified atom stereocenters. The number of carbonyl (C=O) groups excluding carboxylic acids is 1. The molecule has 2 N–H and O–H groups in total. The Labute approximate surface area is 165 Å². The maximum absolute atomic E-state index is 13.3. The lowest BCUT2D eigenvalue weighted by Crippen LogP contribution is -2.58. The molecule has 6 heteroatoms. The molecule has 5 rings (SSSR count). The van der Waals surface area contributed by atoms with E-state index in [9.17, 15) is 15.0 Å². The number of aliphatic hydroxyl groups is 2. The summed E-state index contributed by atoms with van der Waals surface area (Å²) in [7, 11) is 0. The van der Waals surface area contributed by atoms with Crippen molar-refractivity contribution in [2.75, 3.05) is 6.54 Å². The second-order valence-electron chi connectivity index (χ2n) is 9.09. The van der Waals surface area contributed by atoms with E-state index in [-0.39, 0.29) is 23.2 Å². The van der Waals surface area contributed by atoms with Crippen LogP contribution in [-0.4, -0.2) is 58.5 Å². The number of fused-ring (bicyclic) bond motifs is 3. The highest BCUT2D eigenvalue weighted by Crippen LogP contribution is 2.54. The molecule has 0 amide bonds. The lowest BCUT2D eigenvalue weighted by atomic mass is 9.59. The summed E-state index contributed by atoms with van der Waals surface area (Å²) >= 11 is 0. The van der Waals surface area contributed by atoms with Crippen molar-refractivity contribution in [3.63, 3.8) is 0 Å². The minimum atomic E-state index is -1.05. The van der Waals surface area contributed by atoms with Crippen molar-refractivity contribution in [1.82, 2.24) is 0 Å². The molecule has 7 atom stereocenters. The predicted molar refractivity (Wildman–Crippen MR) is 103 cm³/mol. The number of carbonyl (C=O) groups is 1. The smallest absolute Gasteiger partial charge is 0.190 e. The second kappa shape index (κ2) is 6.59. The lowest BCUT2D eigenvalue weighted by Gasteiger charge is -2.49. The monoisotopic (exact) mass is 387 g/mol. The average Bonchev–Trinajstić information content (AvgIpc) is 3.29. The van der Waals surface area contributed by atoms with Crippen molar-refractivity contribution in [1.29, 1.82) is 0 Å². The van der Waals surface area contributed by atoms with Crippen LogP contribution < -0.4 is 0 Å². The number of hydrogen-bond acceptors (Lipinski definition) is 6. The summed E-state index contributed by atoms with van der Waals surface area (Å²) in [6, 6.07) is 0. The van der Waals surface area contributed by atoms with Crippen molar-refractivity contribution < 1.29 is 24.5 Å². The Bertz CT molecular complexity index is 760. The molecular weight excluding hydrogens is 358 g/mol. The molecule has 4 heterocycles. The Morgan fingerprint density at radius 2 is 2.00 bits per heavy atom. The summed E-state index contributed by atoms with van der Waals surface area (Å²) in [6.07, 6.45) is 6.54. The molecule has 3 fully saturated rings. The van der Waals surface area contributed by atoms with Crippen LogP contribution in [0.15, 0.2) is 29.3 Å². The van der Waals surface area contributed by atoms with Crippen LogP contribution in [0.1, 0.15) is 51.4 Å². The van der Waals surface area contributed by atoms with E-state index in [0.29, 0.717) is 32.2 Å². The van der Waals surface area contributed by atoms with Gasteiger partial charge in [-0.3, -0.25) is 9.79 Å². The van der Waals surface area contributed by atoms with Crippen molar-refractivity contribution in [2.24, 2.45) is 16.3 Å². The Balaban J connectivity index is 1.67. The molecule has 1 aliphatic carbocycles. The fourth-order valence-corrected chi connectivity index (χ4v) is 6.14. The predicted octanol–water partition coefficient (Wildman–Crippen LogP) is 2.09. The molecule has 0 aromatic carbocycles. The number of ether oxygens (including phenoxy) is 2. The standard InChI is InChI=1S/C22H29NO5/c1-2-13-5-7-21-9-10-23-20(21)17(25)12-22-8-6-14(27-22)3-4-16(24)18(26)19(28-22)15(21)11-13/h2,11,14-17,19,24-25H,1,3-10,12H2/t14-,15-,16-,17+,19+,21-,22-/m1/s1.